The van der Waals surface area contributed by atoms with E-state index in [1.165, 1.54) is 6.20 Å². The van der Waals surface area contributed by atoms with Crippen LogP contribution in [-0.4, -0.2) is 56.1 Å². The van der Waals surface area contributed by atoms with E-state index in [0.29, 0.717) is 48.2 Å². The summed E-state index contributed by atoms with van der Waals surface area (Å²) in [5, 5.41) is 11.9. The van der Waals surface area contributed by atoms with Crippen molar-refractivity contribution < 1.29 is 32.2 Å². The second-order valence-corrected chi connectivity index (χ2v) is 11.0. The number of fused-ring (bicyclic) bond motifs is 1. The fraction of sp³-hybridized carbons (Fsp3) is 0.400. The van der Waals surface area contributed by atoms with Crippen molar-refractivity contribution >= 4 is 17.3 Å². The zero-order valence-corrected chi connectivity index (χ0v) is 23.2. The number of ether oxygens (including phenoxy) is 2. The fourth-order valence-corrected chi connectivity index (χ4v) is 5.43. The van der Waals surface area contributed by atoms with Crippen molar-refractivity contribution in [2.45, 2.75) is 69.2 Å². The number of alkyl halides is 3. The first-order valence-corrected chi connectivity index (χ1v) is 14.3. The van der Waals surface area contributed by atoms with Crippen LogP contribution in [0.2, 0.25) is 0 Å². The number of hydrogen-bond donors (Lipinski definition) is 2. The van der Waals surface area contributed by atoms with Crippen LogP contribution in [0.3, 0.4) is 0 Å². The molecule has 2 fully saturated rings. The lowest BCUT2D eigenvalue weighted by Crippen LogP contribution is -2.39. The first-order chi connectivity index (χ1) is 20.7. The number of benzene rings is 1. The minimum absolute atomic E-state index is 0.0901. The standard InChI is InChI=1S/C30H31F3N6O4/c31-30(32,33)14-15-42-25-13-12-24-22(16-35-39(24)26(25)18-6-7-18)28(41)36-19-8-10-21(11-9-19)43-29-23(27(34)40)17-38(37-29)20-4-2-1-3-5-20/h1-5,12-13,16-19,21H,6-11,14-15H2,(H2,34,40)(H,36,41). The molecule has 1 aromatic carbocycles. The van der Waals surface area contributed by atoms with Crippen molar-refractivity contribution in [3.63, 3.8) is 0 Å². The quantitative estimate of drug-likeness (QED) is 0.267. The molecular formula is C30H31F3N6O4. The summed E-state index contributed by atoms with van der Waals surface area (Å²) in [5.74, 6) is -0.227. The Morgan fingerprint density at radius 2 is 1.74 bits per heavy atom. The summed E-state index contributed by atoms with van der Waals surface area (Å²) >= 11 is 0. The largest absolute Gasteiger partial charge is 0.491 e. The van der Waals surface area contributed by atoms with E-state index < -0.39 is 25.1 Å². The lowest BCUT2D eigenvalue weighted by atomic mass is 9.92. The molecule has 4 aromatic rings. The van der Waals surface area contributed by atoms with Crippen LogP contribution in [0.15, 0.2) is 54.9 Å². The molecule has 2 aliphatic carbocycles. The van der Waals surface area contributed by atoms with Gasteiger partial charge in [0.15, 0.2) is 0 Å². The highest BCUT2D eigenvalue weighted by atomic mass is 19.4. The second kappa shape index (κ2) is 11.6. The van der Waals surface area contributed by atoms with E-state index >= 15 is 0 Å². The van der Waals surface area contributed by atoms with Crippen molar-refractivity contribution in [2.24, 2.45) is 5.73 Å². The van der Waals surface area contributed by atoms with Crippen molar-refractivity contribution in [3.05, 3.63) is 71.7 Å². The van der Waals surface area contributed by atoms with Gasteiger partial charge in [-0.3, -0.25) is 9.59 Å². The van der Waals surface area contributed by atoms with Gasteiger partial charge in [0.05, 0.1) is 41.7 Å². The number of hydrogen-bond acceptors (Lipinski definition) is 6. The van der Waals surface area contributed by atoms with Gasteiger partial charge in [-0.1, -0.05) is 18.2 Å². The number of pyridine rings is 1. The molecule has 3 heterocycles. The molecule has 43 heavy (non-hydrogen) atoms. The van der Waals surface area contributed by atoms with Crippen LogP contribution in [0.1, 0.15) is 77.3 Å². The Balaban J connectivity index is 1.08. The molecule has 0 bridgehead atoms. The number of para-hydroxylation sites is 1. The van der Waals surface area contributed by atoms with Crippen LogP contribution in [-0.2, 0) is 0 Å². The zero-order chi connectivity index (χ0) is 30.1. The molecule has 6 rings (SSSR count). The Morgan fingerprint density at radius 3 is 2.42 bits per heavy atom. The van der Waals surface area contributed by atoms with Crippen LogP contribution in [0.4, 0.5) is 13.2 Å². The van der Waals surface area contributed by atoms with E-state index in [9.17, 15) is 22.8 Å². The Bertz CT molecular complexity index is 1620. The first-order valence-electron chi connectivity index (χ1n) is 14.3. The van der Waals surface area contributed by atoms with Crippen LogP contribution in [0, 0.1) is 0 Å². The van der Waals surface area contributed by atoms with Crippen molar-refractivity contribution in [3.8, 4) is 17.3 Å². The molecule has 0 aliphatic heterocycles. The summed E-state index contributed by atoms with van der Waals surface area (Å²) in [6, 6.07) is 12.5. The number of aromatic nitrogens is 4. The highest BCUT2D eigenvalue weighted by Crippen LogP contribution is 2.44. The molecule has 0 radical (unpaired) electrons. The number of nitrogens with zero attached hydrogens (tertiary/aromatic N) is 4. The van der Waals surface area contributed by atoms with Gasteiger partial charge in [-0.05, 0) is 62.8 Å². The number of carbonyl (C=O) groups excluding carboxylic acids is 2. The Morgan fingerprint density at radius 1 is 1.00 bits per heavy atom. The molecule has 0 spiro atoms. The fourth-order valence-electron chi connectivity index (χ4n) is 5.43. The van der Waals surface area contributed by atoms with Crippen molar-refractivity contribution in [1.82, 2.24) is 24.7 Å². The van der Waals surface area contributed by atoms with E-state index in [1.807, 2.05) is 30.3 Å². The predicted octanol–water partition coefficient (Wildman–Crippen LogP) is 4.95. The third-order valence-electron chi connectivity index (χ3n) is 7.79. The van der Waals surface area contributed by atoms with Gasteiger partial charge in [-0.2, -0.15) is 18.3 Å². The second-order valence-electron chi connectivity index (χ2n) is 11.0. The number of primary amides is 1. The van der Waals surface area contributed by atoms with Crippen LogP contribution in [0.5, 0.6) is 11.6 Å². The van der Waals surface area contributed by atoms with Crippen LogP contribution in [0.25, 0.3) is 11.2 Å². The average molecular weight is 597 g/mol. The van der Waals surface area contributed by atoms with E-state index in [4.69, 9.17) is 15.2 Å². The first kappa shape index (κ1) is 28.6. The summed E-state index contributed by atoms with van der Waals surface area (Å²) in [6.45, 7) is -0.478. The lowest BCUT2D eigenvalue weighted by Gasteiger charge is -2.29. The van der Waals surface area contributed by atoms with Crippen molar-refractivity contribution in [1.29, 1.82) is 0 Å². The number of rotatable bonds is 10. The maximum atomic E-state index is 13.3. The highest BCUT2D eigenvalue weighted by molar-refractivity contribution is 6.01. The smallest absolute Gasteiger partial charge is 0.392 e. The number of amides is 2. The molecule has 0 saturated heterocycles. The van der Waals surface area contributed by atoms with E-state index in [0.717, 1.165) is 18.5 Å². The molecular weight excluding hydrogens is 565 g/mol. The van der Waals surface area contributed by atoms with Gasteiger partial charge in [-0.25, -0.2) is 9.20 Å². The van der Waals surface area contributed by atoms with Gasteiger partial charge in [0.1, 0.15) is 17.4 Å². The number of nitrogens with two attached hydrogens (primary N) is 1. The van der Waals surface area contributed by atoms with Gasteiger partial charge in [0.25, 0.3) is 11.8 Å². The molecule has 0 atom stereocenters. The highest BCUT2D eigenvalue weighted by Gasteiger charge is 2.33. The summed E-state index contributed by atoms with van der Waals surface area (Å²) in [6.07, 6.45) is 1.86. The van der Waals surface area contributed by atoms with Crippen LogP contribution < -0.4 is 20.5 Å². The maximum Gasteiger partial charge on any atom is 0.392 e. The maximum absolute atomic E-state index is 13.3. The Kier molecular flexibility index (Phi) is 7.72. The Hall–Kier alpha value is -4.55. The van der Waals surface area contributed by atoms with E-state index in [2.05, 4.69) is 15.5 Å². The number of carbonyl (C=O) groups is 2. The average Bonchev–Trinajstić information content (AvgIpc) is 3.57. The third-order valence-corrected chi connectivity index (χ3v) is 7.79. The molecule has 2 amide bonds. The summed E-state index contributed by atoms with van der Waals surface area (Å²) in [7, 11) is 0. The third kappa shape index (κ3) is 6.45. The summed E-state index contributed by atoms with van der Waals surface area (Å²) < 4.78 is 52.6. The lowest BCUT2D eigenvalue weighted by molar-refractivity contribution is -0.139. The van der Waals surface area contributed by atoms with E-state index in [-0.39, 0.29) is 35.4 Å². The predicted molar refractivity (Wildman–Crippen MR) is 150 cm³/mol. The molecule has 0 unspecified atom stereocenters. The van der Waals surface area contributed by atoms with E-state index in [1.54, 1.807) is 27.5 Å². The number of nitrogens with one attached hydrogen (secondary N) is 1. The van der Waals surface area contributed by atoms with Crippen molar-refractivity contribution in [2.75, 3.05) is 6.61 Å². The monoisotopic (exact) mass is 596 g/mol. The molecule has 10 nitrogen and oxygen atoms in total. The minimum atomic E-state index is -4.30. The molecule has 226 valence electrons. The molecule has 3 aromatic heterocycles. The molecule has 2 saturated carbocycles. The SMILES string of the molecule is NC(=O)c1cn(-c2ccccc2)nc1OC1CCC(NC(=O)c2cnn3c(C4CC4)c(OCCC(F)(F)F)ccc23)CC1. The van der Waals surface area contributed by atoms with Gasteiger partial charge in [0.2, 0.25) is 5.88 Å². The van der Waals surface area contributed by atoms with Gasteiger partial charge >= 0.3 is 6.18 Å². The van der Waals surface area contributed by atoms with Gasteiger partial charge in [0, 0.05) is 18.2 Å². The topological polar surface area (TPSA) is 126 Å². The number of halogens is 3. The minimum Gasteiger partial charge on any atom is -0.491 e. The van der Waals surface area contributed by atoms with Crippen LogP contribution >= 0.6 is 0 Å². The summed E-state index contributed by atoms with van der Waals surface area (Å²) in [5.41, 5.74) is 8.21. The Labute approximate surface area is 244 Å². The van der Waals surface area contributed by atoms with Gasteiger partial charge < -0.3 is 20.5 Å². The van der Waals surface area contributed by atoms with Gasteiger partial charge in [-0.15, -0.1) is 5.10 Å². The zero-order valence-electron chi connectivity index (χ0n) is 23.2. The molecule has 2 aliphatic rings. The normalized spacial score (nSPS) is 18.9. The molecule has 13 heteroatoms. The molecule has 3 N–H and O–H groups in total. The summed E-state index contributed by atoms with van der Waals surface area (Å²) in [4.78, 5) is 25.3.